The van der Waals surface area contributed by atoms with Crippen LogP contribution in [0, 0.1) is 10.1 Å². The molecular formula is C37H27F3N4O5S. The van der Waals surface area contributed by atoms with Gasteiger partial charge in [-0.15, -0.1) is 11.8 Å². The number of hydrogen-bond donors (Lipinski definition) is 3. The third-order valence-corrected chi connectivity index (χ3v) is 8.39. The minimum Gasteiger partial charge on any atom is -0.325 e. The maximum absolute atomic E-state index is 13.5. The third kappa shape index (κ3) is 9.23. The summed E-state index contributed by atoms with van der Waals surface area (Å²) in [6, 6.07) is 33.4. The van der Waals surface area contributed by atoms with E-state index in [0.717, 1.165) is 23.9 Å². The van der Waals surface area contributed by atoms with Crippen molar-refractivity contribution in [2.75, 3.05) is 10.6 Å². The summed E-state index contributed by atoms with van der Waals surface area (Å²) in [4.78, 5) is 51.5. The Kier molecular flexibility index (Phi) is 11.1. The van der Waals surface area contributed by atoms with E-state index in [2.05, 4.69) is 16.0 Å². The van der Waals surface area contributed by atoms with Gasteiger partial charge < -0.3 is 16.0 Å². The molecule has 0 saturated carbocycles. The first kappa shape index (κ1) is 35.1. The minimum absolute atomic E-state index is 0.00605. The number of alkyl halides is 3. The fourth-order valence-corrected chi connectivity index (χ4v) is 5.73. The summed E-state index contributed by atoms with van der Waals surface area (Å²) in [5.41, 5.74) is -0.131. The molecule has 0 aliphatic carbocycles. The lowest BCUT2D eigenvalue weighted by Gasteiger charge is -2.18. The summed E-state index contributed by atoms with van der Waals surface area (Å²) in [6.45, 7) is 0. The lowest BCUT2D eigenvalue weighted by molar-refractivity contribution is -0.385. The first-order valence-corrected chi connectivity index (χ1v) is 15.8. The van der Waals surface area contributed by atoms with Gasteiger partial charge in [0.05, 0.1) is 16.1 Å². The normalized spacial score (nSPS) is 12.0. The number of nitrogens with zero attached hydrogens (tertiary/aromatic N) is 1. The Balaban J connectivity index is 1.36. The molecule has 3 N–H and O–H groups in total. The molecular weight excluding hydrogens is 669 g/mol. The van der Waals surface area contributed by atoms with Crippen LogP contribution in [-0.4, -0.2) is 22.6 Å². The fraction of sp³-hybridized carbons (Fsp3) is 0.0541. The average Bonchev–Trinajstić information content (AvgIpc) is 3.11. The van der Waals surface area contributed by atoms with Gasteiger partial charge in [0.2, 0.25) is 5.91 Å². The lowest BCUT2D eigenvalue weighted by Crippen LogP contribution is -2.30. The summed E-state index contributed by atoms with van der Waals surface area (Å²) in [7, 11) is 0. The van der Waals surface area contributed by atoms with Gasteiger partial charge in [-0.1, -0.05) is 66.7 Å². The zero-order valence-corrected chi connectivity index (χ0v) is 26.7. The molecule has 5 rings (SSSR count). The maximum atomic E-state index is 13.5. The fourth-order valence-electron chi connectivity index (χ4n) is 4.71. The van der Waals surface area contributed by atoms with Crippen LogP contribution >= 0.6 is 11.8 Å². The quantitative estimate of drug-likeness (QED) is 0.0550. The molecule has 3 amide bonds. The Hall–Kier alpha value is -6.21. The molecule has 0 radical (unpaired) electrons. The number of para-hydroxylation sites is 1. The van der Waals surface area contributed by atoms with Crippen molar-refractivity contribution in [2.24, 2.45) is 0 Å². The monoisotopic (exact) mass is 696 g/mol. The number of benzene rings is 5. The van der Waals surface area contributed by atoms with Crippen LogP contribution in [0.4, 0.5) is 30.2 Å². The zero-order chi connectivity index (χ0) is 35.7. The van der Waals surface area contributed by atoms with E-state index >= 15 is 0 Å². The van der Waals surface area contributed by atoms with Crippen molar-refractivity contribution in [3.05, 3.63) is 172 Å². The Labute approximate surface area is 288 Å². The highest BCUT2D eigenvalue weighted by Crippen LogP contribution is 2.37. The van der Waals surface area contributed by atoms with Crippen LogP contribution in [0.15, 0.2) is 144 Å². The van der Waals surface area contributed by atoms with E-state index in [9.17, 15) is 37.7 Å². The molecule has 5 aromatic rings. The number of amides is 3. The second-order valence-electron chi connectivity index (χ2n) is 10.6. The van der Waals surface area contributed by atoms with Gasteiger partial charge in [0.1, 0.15) is 10.9 Å². The molecule has 0 aromatic heterocycles. The highest BCUT2D eigenvalue weighted by Gasteiger charge is 2.31. The molecule has 0 spiro atoms. The van der Waals surface area contributed by atoms with Crippen LogP contribution in [0.1, 0.15) is 32.3 Å². The number of nitrogens with one attached hydrogen (secondary N) is 3. The summed E-state index contributed by atoms with van der Waals surface area (Å²) in [5.74, 6) is -1.90. The molecule has 9 nitrogen and oxygen atoms in total. The van der Waals surface area contributed by atoms with Gasteiger partial charge in [0, 0.05) is 27.9 Å². The third-order valence-electron chi connectivity index (χ3n) is 7.13. The molecule has 50 heavy (non-hydrogen) atoms. The van der Waals surface area contributed by atoms with E-state index in [1.54, 1.807) is 91.0 Å². The second-order valence-corrected chi connectivity index (χ2v) is 11.8. The molecule has 0 heterocycles. The molecule has 0 saturated heterocycles. The van der Waals surface area contributed by atoms with Crippen LogP contribution < -0.4 is 16.0 Å². The number of nitro groups is 1. The van der Waals surface area contributed by atoms with Crippen molar-refractivity contribution in [3.63, 3.8) is 0 Å². The van der Waals surface area contributed by atoms with Gasteiger partial charge in [-0.2, -0.15) is 13.2 Å². The number of thioether (sulfide) groups is 1. The van der Waals surface area contributed by atoms with E-state index in [-0.39, 0.29) is 28.2 Å². The number of halogens is 3. The Bertz CT molecular complexity index is 2040. The smallest absolute Gasteiger partial charge is 0.325 e. The van der Waals surface area contributed by atoms with Crippen LogP contribution in [0.25, 0.3) is 6.08 Å². The minimum atomic E-state index is -4.57. The van der Waals surface area contributed by atoms with E-state index in [4.69, 9.17) is 0 Å². The average molecular weight is 697 g/mol. The maximum Gasteiger partial charge on any atom is 0.416 e. The van der Waals surface area contributed by atoms with Crippen molar-refractivity contribution in [2.45, 2.75) is 16.3 Å². The number of rotatable bonds is 11. The molecule has 0 bridgehead atoms. The second kappa shape index (κ2) is 15.8. The van der Waals surface area contributed by atoms with Gasteiger partial charge in [-0.25, -0.2) is 0 Å². The summed E-state index contributed by atoms with van der Waals surface area (Å²) < 4.78 is 39.8. The summed E-state index contributed by atoms with van der Waals surface area (Å²) in [6.07, 6.45) is -3.36. The van der Waals surface area contributed by atoms with Gasteiger partial charge in [-0.05, 0) is 72.3 Å². The number of nitro benzene ring substituents is 1. The molecule has 13 heteroatoms. The Morgan fingerprint density at radius 2 is 1.38 bits per heavy atom. The molecule has 0 fully saturated rings. The molecule has 5 aromatic carbocycles. The summed E-state index contributed by atoms with van der Waals surface area (Å²) in [5, 5.41) is 18.6. The van der Waals surface area contributed by atoms with Crippen molar-refractivity contribution in [1.29, 1.82) is 0 Å². The largest absolute Gasteiger partial charge is 0.416 e. The zero-order valence-electron chi connectivity index (χ0n) is 25.9. The highest BCUT2D eigenvalue weighted by molar-refractivity contribution is 8.00. The van der Waals surface area contributed by atoms with Gasteiger partial charge >= 0.3 is 6.18 Å². The SMILES string of the molecule is O=C(Nc1ccc(SC(C(=O)Nc2cccc(C(F)(F)F)c2)c2ccccc2)cc1)/C(=C/c1ccccc1[N+](=O)[O-])NC(=O)c1ccccc1. The van der Waals surface area contributed by atoms with E-state index in [1.165, 1.54) is 36.4 Å². The summed E-state index contributed by atoms with van der Waals surface area (Å²) >= 11 is 1.15. The van der Waals surface area contributed by atoms with Crippen LogP contribution in [0.3, 0.4) is 0 Å². The first-order chi connectivity index (χ1) is 24.0. The predicted octanol–water partition coefficient (Wildman–Crippen LogP) is 8.50. The standard InChI is InChI=1S/C37H27F3N4O5S/c38-37(39,40)27-15-9-16-29(23-27)42-36(47)33(24-10-3-1-4-11-24)50-30-20-18-28(19-21-30)41-35(46)31(43-34(45)25-12-5-2-6-13-25)22-26-14-7-8-17-32(26)44(48)49/h1-23,33H,(H,41,46)(H,42,47)(H,43,45)/b31-22-. The van der Waals surface area contributed by atoms with Crippen molar-refractivity contribution >= 4 is 52.6 Å². The number of carbonyl (C=O) groups excluding carboxylic acids is 3. The Morgan fingerprint density at radius 3 is 2.04 bits per heavy atom. The number of anilines is 2. The lowest BCUT2D eigenvalue weighted by atomic mass is 10.1. The van der Waals surface area contributed by atoms with Crippen molar-refractivity contribution in [1.82, 2.24) is 5.32 Å². The van der Waals surface area contributed by atoms with Crippen LogP contribution in [-0.2, 0) is 15.8 Å². The first-order valence-electron chi connectivity index (χ1n) is 14.9. The Morgan fingerprint density at radius 1 is 0.740 bits per heavy atom. The van der Waals surface area contributed by atoms with E-state index < -0.39 is 39.6 Å². The molecule has 252 valence electrons. The van der Waals surface area contributed by atoms with Gasteiger partial charge in [0.25, 0.3) is 17.5 Å². The highest BCUT2D eigenvalue weighted by atomic mass is 32.2. The molecule has 1 unspecified atom stereocenters. The predicted molar refractivity (Wildman–Crippen MR) is 185 cm³/mol. The van der Waals surface area contributed by atoms with Gasteiger partial charge in [0.15, 0.2) is 0 Å². The van der Waals surface area contributed by atoms with E-state index in [0.29, 0.717) is 16.1 Å². The van der Waals surface area contributed by atoms with Crippen LogP contribution in [0.2, 0.25) is 0 Å². The topological polar surface area (TPSA) is 130 Å². The van der Waals surface area contributed by atoms with Gasteiger partial charge in [-0.3, -0.25) is 24.5 Å². The number of hydrogen-bond acceptors (Lipinski definition) is 6. The molecule has 0 aliphatic rings. The van der Waals surface area contributed by atoms with E-state index in [1.807, 2.05) is 0 Å². The van der Waals surface area contributed by atoms with Crippen molar-refractivity contribution in [3.8, 4) is 0 Å². The van der Waals surface area contributed by atoms with Crippen LogP contribution in [0.5, 0.6) is 0 Å². The molecule has 0 aliphatic heterocycles. The molecule has 1 atom stereocenters. The number of carbonyl (C=O) groups is 3. The van der Waals surface area contributed by atoms with Crippen molar-refractivity contribution < 1.29 is 32.5 Å².